The molecule has 1 saturated heterocycles. The lowest BCUT2D eigenvalue weighted by atomic mass is 10.2. The number of anilines is 1. The van der Waals surface area contributed by atoms with Crippen molar-refractivity contribution in [3.63, 3.8) is 0 Å². The molecule has 0 bridgehead atoms. The molecule has 21 heavy (non-hydrogen) atoms. The van der Waals surface area contributed by atoms with Crippen LogP contribution in [0.4, 0.5) is 27.6 Å². The summed E-state index contributed by atoms with van der Waals surface area (Å²) in [7, 11) is 0. The number of benzene rings is 1. The van der Waals surface area contributed by atoms with Gasteiger partial charge in [0.1, 0.15) is 5.75 Å². The molecule has 3 nitrogen and oxygen atoms in total. The highest BCUT2D eigenvalue weighted by molar-refractivity contribution is 5.58. The number of halogens is 5. The second kappa shape index (κ2) is 6.05. The molecular formula is C13H14F5N2O. The van der Waals surface area contributed by atoms with E-state index in [0.29, 0.717) is 31.9 Å². The topological polar surface area (TPSA) is 26.6 Å². The highest BCUT2D eigenvalue weighted by Gasteiger charge is 2.58. The zero-order valence-electron chi connectivity index (χ0n) is 11.0. The van der Waals surface area contributed by atoms with Crippen molar-refractivity contribution in [2.24, 2.45) is 0 Å². The summed E-state index contributed by atoms with van der Waals surface area (Å²) in [6.07, 6.45) is -5.62. The third kappa shape index (κ3) is 3.75. The van der Waals surface area contributed by atoms with E-state index in [1.54, 1.807) is 12.1 Å². The van der Waals surface area contributed by atoms with Gasteiger partial charge in [-0.1, -0.05) is 12.1 Å². The molecule has 0 amide bonds. The van der Waals surface area contributed by atoms with Crippen molar-refractivity contribution < 1.29 is 26.7 Å². The molecule has 1 radical (unpaired) electrons. The summed E-state index contributed by atoms with van der Waals surface area (Å²) in [6.45, 7) is 0.609. The van der Waals surface area contributed by atoms with E-state index < -0.39 is 18.7 Å². The van der Waals surface area contributed by atoms with Crippen molar-refractivity contribution in [3.8, 4) is 5.75 Å². The van der Waals surface area contributed by atoms with Crippen LogP contribution in [0.3, 0.4) is 0 Å². The van der Waals surface area contributed by atoms with E-state index in [1.807, 2.05) is 4.90 Å². The molecule has 0 unspecified atom stereocenters. The first-order chi connectivity index (χ1) is 9.81. The predicted octanol–water partition coefficient (Wildman–Crippen LogP) is 2.69. The molecule has 8 heteroatoms. The van der Waals surface area contributed by atoms with Crippen molar-refractivity contribution in [1.82, 2.24) is 5.32 Å². The number of hydrogen-bond acceptors (Lipinski definition) is 2. The summed E-state index contributed by atoms with van der Waals surface area (Å²) in [5, 5.41) is 4.15. The van der Waals surface area contributed by atoms with Crippen molar-refractivity contribution >= 4 is 5.69 Å². The van der Waals surface area contributed by atoms with E-state index in [2.05, 4.69) is 5.32 Å². The zero-order valence-corrected chi connectivity index (χ0v) is 11.0. The highest BCUT2D eigenvalue weighted by Crippen LogP contribution is 2.37. The molecule has 0 aliphatic carbocycles. The van der Waals surface area contributed by atoms with E-state index in [4.69, 9.17) is 4.74 Å². The van der Waals surface area contributed by atoms with Crippen molar-refractivity contribution in [1.29, 1.82) is 0 Å². The summed E-state index contributed by atoms with van der Waals surface area (Å²) in [4.78, 5) is 1.86. The lowest BCUT2D eigenvalue weighted by molar-refractivity contribution is -0.289. The molecule has 1 aliphatic rings. The van der Waals surface area contributed by atoms with Crippen LogP contribution in [-0.2, 0) is 0 Å². The monoisotopic (exact) mass is 309 g/mol. The molecule has 0 N–H and O–H groups in total. The second-order valence-electron chi connectivity index (χ2n) is 4.62. The van der Waals surface area contributed by atoms with Gasteiger partial charge in [0.15, 0.2) is 6.61 Å². The molecule has 1 aliphatic heterocycles. The van der Waals surface area contributed by atoms with E-state index >= 15 is 0 Å². The Hall–Kier alpha value is -1.57. The normalized spacial score (nSPS) is 16.9. The van der Waals surface area contributed by atoms with Crippen LogP contribution < -0.4 is 15.0 Å². The van der Waals surface area contributed by atoms with Gasteiger partial charge in [-0.3, -0.25) is 0 Å². The van der Waals surface area contributed by atoms with Gasteiger partial charge in [-0.05, 0) is 12.1 Å². The zero-order chi connectivity index (χ0) is 15.5. The third-order valence-electron chi connectivity index (χ3n) is 3.09. The Balaban J connectivity index is 2.10. The SMILES string of the molecule is FC(F)(F)C(F)(F)COc1ccccc1N1CC[N]CC1. The Morgan fingerprint density at radius 1 is 1.05 bits per heavy atom. The number of rotatable bonds is 4. The molecule has 1 fully saturated rings. The molecule has 1 aromatic rings. The van der Waals surface area contributed by atoms with E-state index in [-0.39, 0.29) is 5.75 Å². The van der Waals surface area contributed by atoms with Crippen LogP contribution in [0.5, 0.6) is 5.75 Å². The Bertz CT molecular complexity index is 472. The number of nitrogens with zero attached hydrogens (tertiary/aromatic N) is 2. The minimum absolute atomic E-state index is 0.0170. The van der Waals surface area contributed by atoms with Crippen LogP contribution in [0.2, 0.25) is 0 Å². The molecule has 1 heterocycles. The number of alkyl halides is 5. The molecule has 0 atom stereocenters. The summed E-state index contributed by atoms with van der Waals surface area (Å²) in [5.74, 6) is -4.86. The molecule has 0 spiro atoms. The molecule has 117 valence electrons. The van der Waals surface area contributed by atoms with Crippen LogP contribution >= 0.6 is 0 Å². The third-order valence-corrected chi connectivity index (χ3v) is 3.09. The standard InChI is InChI=1S/C13H14F5N2O/c14-12(15,13(16,17)18)9-21-11-4-2-1-3-10(11)20-7-5-19-6-8-20/h1-4H,5-9H2. The fourth-order valence-electron chi connectivity index (χ4n) is 1.94. The summed E-state index contributed by atoms with van der Waals surface area (Å²) in [6, 6.07) is 6.22. The Labute approximate surface area is 118 Å². The quantitative estimate of drug-likeness (QED) is 0.800. The maximum atomic E-state index is 12.9. The van der Waals surface area contributed by atoms with Crippen LogP contribution in [0.25, 0.3) is 0 Å². The minimum atomic E-state index is -5.62. The largest absolute Gasteiger partial charge is 0.485 e. The maximum Gasteiger partial charge on any atom is 0.456 e. The predicted molar refractivity (Wildman–Crippen MR) is 67.0 cm³/mol. The van der Waals surface area contributed by atoms with Gasteiger partial charge in [-0.15, -0.1) is 0 Å². The number of hydrogen-bond donors (Lipinski definition) is 0. The van der Waals surface area contributed by atoms with Crippen LogP contribution in [-0.4, -0.2) is 44.9 Å². The first-order valence-electron chi connectivity index (χ1n) is 6.36. The second-order valence-corrected chi connectivity index (χ2v) is 4.62. The first-order valence-corrected chi connectivity index (χ1v) is 6.36. The van der Waals surface area contributed by atoms with Crippen molar-refractivity contribution in [3.05, 3.63) is 24.3 Å². The molecule has 0 aromatic heterocycles. The first kappa shape index (κ1) is 15.8. The number of ether oxygens (including phenoxy) is 1. The van der Waals surface area contributed by atoms with Crippen LogP contribution in [0, 0.1) is 0 Å². The van der Waals surface area contributed by atoms with Gasteiger partial charge in [0, 0.05) is 26.2 Å². The van der Waals surface area contributed by atoms with Crippen LogP contribution in [0.1, 0.15) is 0 Å². The summed E-state index contributed by atoms with van der Waals surface area (Å²) < 4.78 is 67.0. The van der Waals surface area contributed by atoms with Gasteiger partial charge >= 0.3 is 12.1 Å². The summed E-state index contributed by atoms with van der Waals surface area (Å²) >= 11 is 0. The molecular weight excluding hydrogens is 295 g/mol. The van der Waals surface area contributed by atoms with Gasteiger partial charge in [0.25, 0.3) is 0 Å². The van der Waals surface area contributed by atoms with Gasteiger partial charge in [0.05, 0.1) is 5.69 Å². The lowest BCUT2D eigenvalue weighted by Crippen LogP contribution is -2.42. The van der Waals surface area contributed by atoms with E-state index in [0.717, 1.165) is 0 Å². The minimum Gasteiger partial charge on any atom is -0.485 e. The maximum absolute atomic E-state index is 12.9. The van der Waals surface area contributed by atoms with Gasteiger partial charge < -0.3 is 9.64 Å². The van der Waals surface area contributed by atoms with Gasteiger partial charge in [0.2, 0.25) is 0 Å². The number of para-hydroxylation sites is 2. The Morgan fingerprint density at radius 3 is 2.29 bits per heavy atom. The molecule has 2 rings (SSSR count). The Kier molecular flexibility index (Phi) is 4.55. The van der Waals surface area contributed by atoms with Crippen molar-refractivity contribution in [2.75, 3.05) is 37.7 Å². The van der Waals surface area contributed by atoms with Crippen LogP contribution in [0.15, 0.2) is 24.3 Å². The number of piperazine rings is 1. The average Bonchev–Trinajstić information content (AvgIpc) is 2.45. The summed E-state index contributed by atoms with van der Waals surface area (Å²) in [5.41, 5.74) is 0.505. The van der Waals surface area contributed by atoms with Crippen molar-refractivity contribution in [2.45, 2.75) is 12.1 Å². The molecule has 0 saturated carbocycles. The highest BCUT2D eigenvalue weighted by atomic mass is 19.4. The smallest absolute Gasteiger partial charge is 0.456 e. The van der Waals surface area contributed by atoms with E-state index in [9.17, 15) is 22.0 Å². The van der Waals surface area contributed by atoms with Gasteiger partial charge in [-0.2, -0.15) is 22.0 Å². The lowest BCUT2D eigenvalue weighted by Gasteiger charge is -2.30. The average molecular weight is 309 g/mol. The van der Waals surface area contributed by atoms with E-state index in [1.165, 1.54) is 12.1 Å². The fraction of sp³-hybridized carbons (Fsp3) is 0.538. The molecule has 1 aromatic carbocycles. The van der Waals surface area contributed by atoms with Gasteiger partial charge in [-0.25, -0.2) is 5.32 Å². The Morgan fingerprint density at radius 2 is 1.67 bits per heavy atom. The fourth-order valence-corrected chi connectivity index (χ4v) is 1.94.